The third kappa shape index (κ3) is 11.2. The minimum Gasteiger partial charge on any atom is -0.505 e. The molecule has 386 valence electrons. The summed E-state index contributed by atoms with van der Waals surface area (Å²) in [5.74, 6) is 1.17. The number of fused-ring (bicyclic) bond motifs is 4. The number of aryl methyl sites for hydroxylation is 4. The highest BCUT2D eigenvalue weighted by Crippen LogP contribution is 2.47. The van der Waals surface area contributed by atoms with Crippen molar-refractivity contribution in [2.24, 2.45) is 10.2 Å². The monoisotopic (exact) mass is 1030 g/mol. The number of anilines is 5. The lowest BCUT2D eigenvalue weighted by Gasteiger charge is -2.33. The van der Waals surface area contributed by atoms with Crippen LogP contribution in [-0.4, -0.2) is 112 Å². The molecule has 5 aromatic carbocycles. The van der Waals surface area contributed by atoms with Gasteiger partial charge in [-0.15, -0.1) is 5.11 Å². The molecule has 2 bridgehead atoms. The Bertz CT molecular complexity index is 2970. The molecular weight excluding hydrogens is 955 g/mol. The molecule has 4 aliphatic rings. The molecule has 4 heterocycles. The number of para-hydroxylation sites is 1. The molecule has 7 atom stereocenters. The molecule has 1 saturated carbocycles. The van der Waals surface area contributed by atoms with Gasteiger partial charge in [0.2, 0.25) is 17.8 Å². The first-order valence-corrected chi connectivity index (χ1v) is 30.2. The van der Waals surface area contributed by atoms with E-state index in [0.717, 1.165) is 90.3 Å². The van der Waals surface area contributed by atoms with Crippen molar-refractivity contribution in [3.63, 3.8) is 0 Å². The van der Waals surface area contributed by atoms with Crippen molar-refractivity contribution in [1.29, 1.82) is 0 Å². The van der Waals surface area contributed by atoms with E-state index in [1.165, 1.54) is 10.9 Å². The number of phenols is 1. The van der Waals surface area contributed by atoms with Crippen LogP contribution in [-0.2, 0) is 22.1 Å². The molecule has 1 aromatic heterocycles. The average Bonchev–Trinajstić information content (AvgIpc) is 4.00. The molecule has 6 aromatic rings. The molecule has 0 spiro atoms. The Hall–Kier alpha value is -5.42. The maximum atomic E-state index is 12.1. The summed E-state index contributed by atoms with van der Waals surface area (Å²) in [7, 11) is -2.26. The Morgan fingerprint density at radius 3 is 2.29 bits per heavy atom. The molecule has 0 amide bonds. The molecule has 4 fully saturated rings. The van der Waals surface area contributed by atoms with Gasteiger partial charge in [0.25, 0.3) is 0 Å². The van der Waals surface area contributed by atoms with E-state index >= 15 is 0 Å². The molecule has 0 radical (unpaired) electrons. The van der Waals surface area contributed by atoms with E-state index in [-0.39, 0.29) is 36.3 Å². The smallest absolute Gasteiger partial charge is 0.502 e. The summed E-state index contributed by atoms with van der Waals surface area (Å²) in [6, 6.07) is 27.6. The molecule has 3 saturated heterocycles. The van der Waals surface area contributed by atoms with E-state index in [1.807, 2.05) is 87.4 Å². The van der Waals surface area contributed by atoms with Crippen LogP contribution in [0.4, 0.5) is 40.6 Å². The van der Waals surface area contributed by atoms with Crippen LogP contribution in [0.15, 0.2) is 89.1 Å². The van der Waals surface area contributed by atoms with E-state index in [2.05, 4.69) is 65.7 Å². The maximum Gasteiger partial charge on any atom is 0.502 e. The first kappa shape index (κ1) is 51.1. The lowest BCUT2D eigenvalue weighted by Crippen LogP contribution is -2.47. The molecule has 18 heteroatoms. The number of aromatic nitrogens is 3. The highest BCUT2D eigenvalue weighted by Gasteiger charge is 2.64. The van der Waals surface area contributed by atoms with Crippen LogP contribution >= 0.6 is 0 Å². The van der Waals surface area contributed by atoms with Crippen molar-refractivity contribution < 1.29 is 32.0 Å². The predicted molar refractivity (Wildman–Crippen MR) is 291 cm³/mol. The van der Waals surface area contributed by atoms with Crippen LogP contribution in [0.3, 0.4) is 0 Å². The molecular formula is C55H71N9O7Si2. The maximum absolute atomic E-state index is 12.1. The van der Waals surface area contributed by atoms with Gasteiger partial charge in [-0.05, 0) is 150 Å². The zero-order valence-electron chi connectivity index (χ0n) is 43.4. The number of nitrogens with one attached hydrogen (secondary N) is 2. The number of benzene rings is 5. The fourth-order valence-corrected chi connectivity index (χ4v) is 16.8. The largest absolute Gasteiger partial charge is 0.505 e. The molecule has 7 unspecified atom stereocenters. The van der Waals surface area contributed by atoms with Gasteiger partial charge in [-0.3, -0.25) is 0 Å². The molecule has 3 aliphatic heterocycles. The Morgan fingerprint density at radius 1 is 0.726 bits per heavy atom. The summed E-state index contributed by atoms with van der Waals surface area (Å²) < 4.78 is 33.4. The minimum absolute atomic E-state index is 0.00879. The van der Waals surface area contributed by atoms with Crippen LogP contribution in [0.2, 0.25) is 12.1 Å². The van der Waals surface area contributed by atoms with Crippen molar-refractivity contribution in [1.82, 2.24) is 19.9 Å². The summed E-state index contributed by atoms with van der Waals surface area (Å²) in [4.78, 5) is 30.6. The summed E-state index contributed by atoms with van der Waals surface area (Å²) in [6.07, 6.45) is 7.56. The fourth-order valence-electron chi connectivity index (χ4n) is 11.2. The summed E-state index contributed by atoms with van der Waals surface area (Å²) in [6.45, 7) is 12.2. The van der Waals surface area contributed by atoms with Crippen molar-refractivity contribution in [2.45, 2.75) is 135 Å². The fraction of sp³-hybridized carbons (Fsp3) is 0.473. The lowest BCUT2D eigenvalue weighted by molar-refractivity contribution is -0.0100. The third-order valence-electron chi connectivity index (χ3n) is 14.8. The lowest BCUT2D eigenvalue weighted by atomic mass is 9.93. The van der Waals surface area contributed by atoms with Crippen molar-refractivity contribution >= 4 is 79.7 Å². The summed E-state index contributed by atoms with van der Waals surface area (Å²) >= 11 is 0. The average molecular weight is 1030 g/mol. The number of hydrogen-bond donors (Lipinski definition) is 4. The van der Waals surface area contributed by atoms with Crippen LogP contribution in [0.1, 0.15) is 87.0 Å². The molecule has 1 aliphatic carbocycles. The van der Waals surface area contributed by atoms with Gasteiger partial charge >= 0.3 is 17.6 Å². The standard InChI is InChI=1S/C55H71N9O7Si2/c1-8-64(40-20-12-11-13-21-40)55-59-53(56-27-17-30-73-69-46-24-15-10-9-14-23-45-47(34-48(70-73)52(46)71-73)68-72(66,67-45)29-18-28-63(6)7)58-54(60-55)57-44-32-35(2)31-39-33-37(4)50(51(65)49(39)44)62-61-43-26-25-41-36(3)19-16-22-42(41)38(43)5/h11-13,16,19-22,25-26,31-33,45-48,52,65-66H,8-10,14-15,17-18,23-24,27-30,34H2,1-7H3,(H2,56,57,58,59,60). The first-order chi connectivity index (χ1) is 35.3. The number of aromatic hydroxyl groups is 1. The van der Waals surface area contributed by atoms with E-state index in [4.69, 9.17) is 42.2 Å². The van der Waals surface area contributed by atoms with Gasteiger partial charge in [-0.1, -0.05) is 74.2 Å². The molecule has 4 N–H and O–H groups in total. The molecule has 10 rings (SSSR count). The minimum atomic E-state index is -3.31. The zero-order valence-corrected chi connectivity index (χ0v) is 45.4. The van der Waals surface area contributed by atoms with Gasteiger partial charge in [0.15, 0.2) is 5.75 Å². The second-order valence-electron chi connectivity index (χ2n) is 20.6. The highest BCUT2D eigenvalue weighted by molar-refractivity contribution is 6.62. The van der Waals surface area contributed by atoms with Gasteiger partial charge in [0, 0.05) is 42.7 Å². The quantitative estimate of drug-likeness (QED) is 0.0408. The van der Waals surface area contributed by atoms with Crippen LogP contribution in [0.5, 0.6) is 5.75 Å². The number of phenolic OH excluding ortho intramolecular Hbond substituents is 1. The topological polar surface area (TPSA) is 181 Å². The SMILES string of the molecule is CCN(c1ccccc1)c1nc(NCCC[Si]23OC4CCCCCCC5O[Si](O)(CCCN(C)C)OC5CC(O2)C4O3)nc(Nc2cc(C)cc3cc(C)c(N=Nc4ccc5c(C)cccc5c4C)c(O)c23)n1. The Labute approximate surface area is 431 Å². The highest BCUT2D eigenvalue weighted by atomic mass is 28.4. The van der Waals surface area contributed by atoms with Gasteiger partial charge in [-0.2, -0.15) is 20.1 Å². The number of hydrogen-bond acceptors (Lipinski definition) is 16. The second-order valence-corrected chi connectivity index (χ2v) is 25.6. The van der Waals surface area contributed by atoms with Gasteiger partial charge in [0.05, 0.1) is 41.9 Å². The van der Waals surface area contributed by atoms with Gasteiger partial charge < -0.3 is 52.5 Å². The van der Waals surface area contributed by atoms with E-state index < -0.39 is 17.6 Å². The number of azo groups is 1. The van der Waals surface area contributed by atoms with E-state index in [1.54, 1.807) is 0 Å². The predicted octanol–water partition coefficient (Wildman–Crippen LogP) is 11.8. The number of nitrogens with zero attached hydrogens (tertiary/aromatic N) is 7. The van der Waals surface area contributed by atoms with Gasteiger partial charge in [-0.25, -0.2) is 0 Å². The summed E-state index contributed by atoms with van der Waals surface area (Å²) in [5, 5.41) is 32.2. The summed E-state index contributed by atoms with van der Waals surface area (Å²) in [5.41, 5.74) is 6.69. The van der Waals surface area contributed by atoms with Crippen LogP contribution in [0, 0.1) is 27.7 Å². The van der Waals surface area contributed by atoms with E-state index in [0.29, 0.717) is 72.6 Å². The number of rotatable bonds is 16. The molecule has 16 nitrogen and oxygen atoms in total. The van der Waals surface area contributed by atoms with Gasteiger partial charge in [0.1, 0.15) is 5.69 Å². The molecule has 73 heavy (non-hydrogen) atoms. The van der Waals surface area contributed by atoms with Crippen LogP contribution < -0.4 is 15.5 Å². The van der Waals surface area contributed by atoms with Crippen molar-refractivity contribution in [2.75, 3.05) is 49.3 Å². The Balaban J connectivity index is 0.885. The second kappa shape index (κ2) is 21.8. The zero-order chi connectivity index (χ0) is 50.9. The first-order valence-electron chi connectivity index (χ1n) is 26.3. The Morgan fingerprint density at radius 2 is 1.49 bits per heavy atom. The third-order valence-corrected chi connectivity index (χ3v) is 20.1. The normalized spacial score (nSPS) is 25.1. The van der Waals surface area contributed by atoms with E-state index in [9.17, 15) is 9.90 Å². The van der Waals surface area contributed by atoms with Crippen molar-refractivity contribution in [3.8, 4) is 5.75 Å². The van der Waals surface area contributed by atoms with Crippen LogP contribution in [0.25, 0.3) is 21.5 Å². The van der Waals surface area contributed by atoms with Crippen molar-refractivity contribution in [3.05, 3.63) is 101 Å². The Kier molecular flexibility index (Phi) is 15.3.